The van der Waals surface area contributed by atoms with E-state index in [2.05, 4.69) is 15.0 Å². The Labute approximate surface area is 182 Å². The number of rotatable bonds is 7. The number of nitrogens with one attached hydrogen (secondary N) is 2. The molecule has 0 aliphatic carbocycles. The van der Waals surface area contributed by atoms with Crippen molar-refractivity contribution in [3.8, 4) is 0 Å². The summed E-state index contributed by atoms with van der Waals surface area (Å²) in [4.78, 5) is 16.6. The highest BCUT2D eigenvalue weighted by Crippen LogP contribution is 2.23. The molecular formula is C19H25N5O5S2. The van der Waals surface area contributed by atoms with Crippen LogP contribution in [0.25, 0.3) is 0 Å². The zero-order chi connectivity index (χ0) is 22.6. The number of pyridine rings is 1. The Morgan fingerprint density at radius 2 is 1.81 bits per heavy atom. The molecule has 12 heteroatoms. The number of carbonyl (C=O) groups excluding carboxylic acids is 1. The summed E-state index contributed by atoms with van der Waals surface area (Å²) in [6.45, 7) is 0.481. The maximum absolute atomic E-state index is 12.6. The van der Waals surface area contributed by atoms with E-state index in [-0.39, 0.29) is 17.3 Å². The fourth-order valence-corrected chi connectivity index (χ4v) is 5.43. The molecule has 2 heterocycles. The minimum atomic E-state index is -3.79. The SMILES string of the molecule is CN(C)S(=O)(=O)N1CCC[C@H](C(=O)Nc2ccc(S(=O)(=O)Nc3cccnc3)cc2)C1. The lowest BCUT2D eigenvalue weighted by Crippen LogP contribution is -2.47. The van der Waals surface area contributed by atoms with Gasteiger partial charge in [0.25, 0.3) is 20.2 Å². The number of piperidine rings is 1. The van der Waals surface area contributed by atoms with Crippen LogP contribution in [0.1, 0.15) is 12.8 Å². The Hall–Kier alpha value is -2.54. The van der Waals surface area contributed by atoms with Crippen molar-refractivity contribution in [2.45, 2.75) is 17.7 Å². The fraction of sp³-hybridized carbons (Fsp3) is 0.368. The highest BCUT2D eigenvalue weighted by molar-refractivity contribution is 7.92. The normalized spacial score (nSPS) is 18.0. The highest BCUT2D eigenvalue weighted by Gasteiger charge is 2.33. The first-order valence-corrected chi connectivity index (χ1v) is 12.5. The van der Waals surface area contributed by atoms with Crippen LogP contribution in [-0.4, -0.2) is 63.5 Å². The van der Waals surface area contributed by atoms with Crippen LogP contribution in [0.5, 0.6) is 0 Å². The number of aromatic nitrogens is 1. The molecule has 0 bridgehead atoms. The van der Waals surface area contributed by atoms with Crippen LogP contribution in [0.4, 0.5) is 11.4 Å². The van der Waals surface area contributed by atoms with Crippen molar-refractivity contribution in [3.63, 3.8) is 0 Å². The second-order valence-corrected chi connectivity index (χ2v) is 11.2. The number of sulfonamides is 1. The van der Waals surface area contributed by atoms with Crippen LogP contribution in [0.15, 0.2) is 53.7 Å². The molecule has 0 radical (unpaired) electrons. The van der Waals surface area contributed by atoms with Gasteiger partial charge in [-0.2, -0.15) is 17.0 Å². The highest BCUT2D eigenvalue weighted by atomic mass is 32.2. The molecule has 1 fully saturated rings. The van der Waals surface area contributed by atoms with E-state index >= 15 is 0 Å². The van der Waals surface area contributed by atoms with Gasteiger partial charge in [-0.15, -0.1) is 0 Å². The third kappa shape index (κ3) is 5.58. The van der Waals surface area contributed by atoms with Crippen LogP contribution in [0.2, 0.25) is 0 Å². The van der Waals surface area contributed by atoms with Crippen molar-refractivity contribution < 1.29 is 21.6 Å². The maximum atomic E-state index is 12.6. The first-order chi connectivity index (χ1) is 14.6. The molecule has 0 spiro atoms. The number of hydrogen-bond acceptors (Lipinski definition) is 6. The van der Waals surface area contributed by atoms with Crippen LogP contribution >= 0.6 is 0 Å². The van der Waals surface area contributed by atoms with Gasteiger partial charge in [-0.25, -0.2) is 8.42 Å². The molecule has 2 N–H and O–H groups in total. The Morgan fingerprint density at radius 3 is 2.42 bits per heavy atom. The van der Waals surface area contributed by atoms with E-state index in [0.717, 1.165) is 4.31 Å². The third-order valence-electron chi connectivity index (χ3n) is 4.89. The molecule has 1 aliphatic heterocycles. The number of anilines is 2. The summed E-state index contributed by atoms with van der Waals surface area (Å²) in [5.41, 5.74) is 0.771. The Morgan fingerprint density at radius 1 is 1.10 bits per heavy atom. The molecule has 1 aliphatic rings. The minimum absolute atomic E-state index is 0.0373. The number of carbonyl (C=O) groups is 1. The summed E-state index contributed by atoms with van der Waals surface area (Å²) in [7, 11) is -4.46. The van der Waals surface area contributed by atoms with Gasteiger partial charge in [-0.05, 0) is 49.2 Å². The van der Waals surface area contributed by atoms with E-state index in [4.69, 9.17) is 0 Å². The predicted molar refractivity (Wildman–Crippen MR) is 117 cm³/mol. The second-order valence-electron chi connectivity index (χ2n) is 7.35. The monoisotopic (exact) mass is 467 g/mol. The van der Waals surface area contributed by atoms with E-state index in [0.29, 0.717) is 30.8 Å². The summed E-state index contributed by atoms with van der Waals surface area (Å²) < 4.78 is 54.5. The van der Waals surface area contributed by atoms with E-state index in [9.17, 15) is 21.6 Å². The molecule has 3 rings (SSSR count). The van der Waals surface area contributed by atoms with Crippen LogP contribution in [0.3, 0.4) is 0 Å². The molecule has 1 aromatic carbocycles. The van der Waals surface area contributed by atoms with Crippen molar-refractivity contribution in [2.24, 2.45) is 5.92 Å². The molecular weight excluding hydrogens is 442 g/mol. The smallest absolute Gasteiger partial charge is 0.281 e. The molecule has 10 nitrogen and oxygen atoms in total. The number of amides is 1. The number of nitrogens with zero attached hydrogens (tertiary/aromatic N) is 3. The lowest BCUT2D eigenvalue weighted by molar-refractivity contribution is -0.120. The van der Waals surface area contributed by atoms with Crippen molar-refractivity contribution >= 4 is 37.5 Å². The van der Waals surface area contributed by atoms with Crippen LogP contribution in [0, 0.1) is 5.92 Å². The average Bonchev–Trinajstić information content (AvgIpc) is 2.74. The van der Waals surface area contributed by atoms with Gasteiger partial charge in [-0.1, -0.05) is 0 Å². The van der Waals surface area contributed by atoms with Gasteiger partial charge >= 0.3 is 0 Å². The molecule has 168 valence electrons. The average molecular weight is 468 g/mol. The molecule has 1 saturated heterocycles. The van der Waals surface area contributed by atoms with Crippen molar-refractivity contribution in [1.82, 2.24) is 13.6 Å². The minimum Gasteiger partial charge on any atom is -0.326 e. The lowest BCUT2D eigenvalue weighted by atomic mass is 9.99. The lowest BCUT2D eigenvalue weighted by Gasteiger charge is -2.32. The standard InChI is InChI=1S/C19H25N5O5S2/c1-23(2)31(28,29)24-12-4-5-15(14-24)19(25)21-16-7-9-18(10-8-16)30(26,27)22-17-6-3-11-20-13-17/h3,6-11,13,15,22H,4-5,12,14H2,1-2H3,(H,21,25)/t15-/m0/s1. The Balaban J connectivity index is 1.65. The zero-order valence-electron chi connectivity index (χ0n) is 17.2. The summed E-state index contributed by atoms with van der Waals surface area (Å²) in [5.74, 6) is -0.790. The quantitative estimate of drug-likeness (QED) is 0.632. The molecule has 1 atom stereocenters. The number of benzene rings is 1. The summed E-state index contributed by atoms with van der Waals surface area (Å²) in [5, 5.41) is 2.74. The maximum Gasteiger partial charge on any atom is 0.281 e. The van der Waals surface area contributed by atoms with Gasteiger partial charge in [-0.3, -0.25) is 14.5 Å². The topological polar surface area (TPSA) is 129 Å². The fourth-order valence-electron chi connectivity index (χ4n) is 3.20. The Kier molecular flexibility index (Phi) is 6.94. The Bertz CT molecular complexity index is 1120. The van der Waals surface area contributed by atoms with Gasteiger partial charge < -0.3 is 5.32 Å². The molecule has 1 aromatic heterocycles. The zero-order valence-corrected chi connectivity index (χ0v) is 18.9. The first kappa shape index (κ1) is 23.1. The van der Waals surface area contributed by atoms with E-state index < -0.39 is 26.2 Å². The number of hydrogen-bond donors (Lipinski definition) is 2. The largest absolute Gasteiger partial charge is 0.326 e. The van der Waals surface area contributed by atoms with E-state index in [1.165, 1.54) is 55.1 Å². The second kappa shape index (κ2) is 9.30. The molecule has 0 saturated carbocycles. The molecule has 31 heavy (non-hydrogen) atoms. The van der Waals surface area contributed by atoms with Gasteiger partial charge in [0.05, 0.1) is 22.7 Å². The van der Waals surface area contributed by atoms with Gasteiger partial charge in [0.15, 0.2) is 0 Å². The molecule has 2 aromatic rings. The van der Waals surface area contributed by atoms with Crippen LogP contribution in [-0.2, 0) is 25.0 Å². The van der Waals surface area contributed by atoms with Crippen molar-refractivity contribution in [3.05, 3.63) is 48.8 Å². The van der Waals surface area contributed by atoms with Crippen molar-refractivity contribution in [2.75, 3.05) is 37.2 Å². The third-order valence-corrected chi connectivity index (χ3v) is 8.19. The van der Waals surface area contributed by atoms with Crippen LogP contribution < -0.4 is 10.0 Å². The van der Waals surface area contributed by atoms with Gasteiger partial charge in [0, 0.05) is 39.1 Å². The molecule has 0 unspecified atom stereocenters. The van der Waals surface area contributed by atoms with Gasteiger partial charge in [0.2, 0.25) is 5.91 Å². The molecule has 1 amide bonds. The summed E-state index contributed by atoms with van der Waals surface area (Å²) in [6, 6.07) is 8.96. The van der Waals surface area contributed by atoms with Crippen molar-refractivity contribution in [1.29, 1.82) is 0 Å². The predicted octanol–water partition coefficient (Wildman–Crippen LogP) is 1.34. The summed E-state index contributed by atoms with van der Waals surface area (Å²) >= 11 is 0. The van der Waals surface area contributed by atoms with Gasteiger partial charge in [0.1, 0.15) is 0 Å². The van der Waals surface area contributed by atoms with E-state index in [1.54, 1.807) is 12.1 Å². The van der Waals surface area contributed by atoms with E-state index in [1.807, 2.05) is 0 Å². The first-order valence-electron chi connectivity index (χ1n) is 9.61. The summed E-state index contributed by atoms with van der Waals surface area (Å²) in [6.07, 6.45) is 4.10.